The molecule has 1 aliphatic carbocycles. The lowest BCUT2D eigenvalue weighted by atomic mass is 9.89. The minimum atomic E-state index is -0.270. The van der Waals surface area contributed by atoms with E-state index in [2.05, 4.69) is 5.32 Å². The number of benzene rings is 2. The van der Waals surface area contributed by atoms with E-state index >= 15 is 0 Å². The van der Waals surface area contributed by atoms with Crippen LogP contribution < -0.4 is 11.1 Å². The summed E-state index contributed by atoms with van der Waals surface area (Å²) in [4.78, 5) is 24.5. The molecule has 0 atom stereocenters. The number of anilines is 2. The fourth-order valence-corrected chi connectivity index (χ4v) is 3.65. The van der Waals surface area contributed by atoms with Crippen LogP contribution in [-0.4, -0.2) is 11.7 Å². The van der Waals surface area contributed by atoms with Crippen LogP contribution >= 0.6 is 23.2 Å². The Morgan fingerprint density at radius 2 is 1.62 bits per heavy atom. The first-order valence-corrected chi connectivity index (χ1v) is 9.39. The number of nitrogen functional groups attached to an aromatic ring is 1. The van der Waals surface area contributed by atoms with E-state index in [1.165, 1.54) is 36.1 Å². The van der Waals surface area contributed by atoms with Gasteiger partial charge in [-0.15, -0.1) is 0 Å². The molecule has 0 aromatic heterocycles. The average molecular weight is 391 g/mol. The second-order valence-electron chi connectivity index (χ2n) is 6.52. The highest BCUT2D eigenvalue weighted by Crippen LogP contribution is 2.31. The van der Waals surface area contributed by atoms with Gasteiger partial charge in [0.1, 0.15) is 0 Å². The molecule has 0 saturated heterocycles. The number of hydrogen-bond donors (Lipinski definition) is 2. The number of aryl methyl sites for hydroxylation is 2. The summed E-state index contributed by atoms with van der Waals surface area (Å²) in [6.07, 6.45) is 4.73. The number of Topliss-reactive ketones (excluding diaryl/α,β-unsaturated/α-hetero) is 1. The third-order valence-corrected chi connectivity index (χ3v) is 5.24. The lowest BCUT2D eigenvalue weighted by molar-refractivity contribution is -0.116. The summed E-state index contributed by atoms with van der Waals surface area (Å²) in [7, 11) is 0. The van der Waals surface area contributed by atoms with Crippen molar-refractivity contribution in [1.29, 1.82) is 0 Å². The van der Waals surface area contributed by atoms with Gasteiger partial charge in [-0.2, -0.15) is 0 Å². The summed E-state index contributed by atoms with van der Waals surface area (Å²) in [5.74, 6) is -0.296. The number of halogens is 2. The predicted molar refractivity (Wildman–Crippen MR) is 106 cm³/mol. The van der Waals surface area contributed by atoms with Crippen LogP contribution in [0, 0.1) is 0 Å². The largest absolute Gasteiger partial charge is 0.396 e. The molecule has 6 heteroatoms. The highest BCUT2D eigenvalue weighted by Gasteiger charge is 2.14. The Bertz CT molecular complexity index is 842. The van der Waals surface area contributed by atoms with E-state index in [-0.39, 0.29) is 40.3 Å². The number of carbonyl (C=O) groups excluding carboxylic acids is 2. The number of carbonyl (C=O) groups is 2. The quantitative estimate of drug-likeness (QED) is 0.553. The number of rotatable bonds is 5. The lowest BCUT2D eigenvalue weighted by Crippen LogP contribution is -2.14. The first kappa shape index (κ1) is 18.7. The van der Waals surface area contributed by atoms with Crippen molar-refractivity contribution < 1.29 is 9.59 Å². The van der Waals surface area contributed by atoms with Gasteiger partial charge in [-0.1, -0.05) is 35.3 Å². The zero-order valence-electron chi connectivity index (χ0n) is 14.3. The molecule has 0 spiro atoms. The molecule has 136 valence electrons. The van der Waals surface area contributed by atoms with Crippen molar-refractivity contribution in [2.45, 2.75) is 38.5 Å². The second-order valence-corrected chi connectivity index (χ2v) is 7.33. The predicted octanol–water partition coefficient (Wildman–Crippen LogP) is 5.06. The molecule has 4 nitrogen and oxygen atoms in total. The van der Waals surface area contributed by atoms with Gasteiger partial charge in [0, 0.05) is 24.1 Å². The molecule has 0 saturated carbocycles. The highest BCUT2D eigenvalue weighted by molar-refractivity contribution is 6.39. The van der Waals surface area contributed by atoms with Gasteiger partial charge in [0.25, 0.3) is 0 Å². The van der Waals surface area contributed by atoms with Crippen LogP contribution in [-0.2, 0) is 17.6 Å². The van der Waals surface area contributed by atoms with Crippen molar-refractivity contribution in [2.75, 3.05) is 11.1 Å². The van der Waals surface area contributed by atoms with E-state index in [0.717, 1.165) is 12.8 Å². The maximum absolute atomic E-state index is 12.4. The summed E-state index contributed by atoms with van der Waals surface area (Å²) in [6.45, 7) is 0. The molecule has 0 aliphatic heterocycles. The van der Waals surface area contributed by atoms with Gasteiger partial charge in [0.2, 0.25) is 5.91 Å². The van der Waals surface area contributed by atoms with Gasteiger partial charge in [0.15, 0.2) is 5.78 Å². The van der Waals surface area contributed by atoms with Crippen molar-refractivity contribution in [1.82, 2.24) is 0 Å². The van der Waals surface area contributed by atoms with Crippen LogP contribution in [0.5, 0.6) is 0 Å². The van der Waals surface area contributed by atoms with E-state index in [0.29, 0.717) is 11.3 Å². The summed E-state index contributed by atoms with van der Waals surface area (Å²) >= 11 is 11.9. The number of ketones is 1. The minimum Gasteiger partial charge on any atom is -0.396 e. The molecule has 0 fully saturated rings. The fraction of sp³-hybridized carbons (Fsp3) is 0.300. The standard InChI is InChI=1S/C20H20Cl2N2O2/c21-16-10-15(11-17(22)20(16)23)24-19(26)8-7-18(25)14-6-5-12-3-1-2-4-13(12)9-14/h5-6,9-11H,1-4,7-8,23H2,(H,24,26). The molecule has 3 N–H and O–H groups in total. The van der Waals surface area contributed by atoms with Gasteiger partial charge < -0.3 is 11.1 Å². The molecule has 0 unspecified atom stereocenters. The van der Waals surface area contributed by atoms with Crippen LogP contribution in [0.2, 0.25) is 10.0 Å². The monoisotopic (exact) mass is 390 g/mol. The van der Waals surface area contributed by atoms with Crippen LogP contribution in [0.25, 0.3) is 0 Å². The average Bonchev–Trinajstić information content (AvgIpc) is 2.63. The lowest BCUT2D eigenvalue weighted by Gasteiger charge is -2.16. The SMILES string of the molecule is Nc1c(Cl)cc(NC(=O)CCC(=O)c2ccc3c(c2)CCCC3)cc1Cl. The molecular formula is C20H20Cl2N2O2. The summed E-state index contributed by atoms with van der Waals surface area (Å²) in [6, 6.07) is 8.95. The summed E-state index contributed by atoms with van der Waals surface area (Å²) < 4.78 is 0. The smallest absolute Gasteiger partial charge is 0.224 e. The van der Waals surface area contributed by atoms with E-state index in [9.17, 15) is 9.59 Å². The molecule has 0 bridgehead atoms. The first-order chi connectivity index (χ1) is 12.4. The number of nitrogens with one attached hydrogen (secondary N) is 1. The Balaban J connectivity index is 1.58. The number of amides is 1. The van der Waals surface area contributed by atoms with Crippen molar-refractivity contribution in [2.24, 2.45) is 0 Å². The van der Waals surface area contributed by atoms with Gasteiger partial charge in [-0.25, -0.2) is 0 Å². The Kier molecular flexibility index (Phi) is 5.84. The zero-order chi connectivity index (χ0) is 18.7. The Hall–Kier alpha value is -2.04. The van der Waals surface area contributed by atoms with Crippen LogP contribution in [0.4, 0.5) is 11.4 Å². The topological polar surface area (TPSA) is 72.2 Å². The van der Waals surface area contributed by atoms with E-state index in [1.807, 2.05) is 18.2 Å². The molecule has 0 radical (unpaired) electrons. The normalized spacial score (nSPS) is 13.2. The number of nitrogens with two attached hydrogens (primary N) is 1. The Morgan fingerprint density at radius 1 is 0.962 bits per heavy atom. The molecule has 1 aliphatic rings. The molecule has 0 heterocycles. The van der Waals surface area contributed by atoms with Crippen molar-refractivity contribution in [3.8, 4) is 0 Å². The molecule has 2 aromatic rings. The van der Waals surface area contributed by atoms with Crippen molar-refractivity contribution >= 4 is 46.3 Å². The van der Waals surface area contributed by atoms with Gasteiger partial charge >= 0.3 is 0 Å². The van der Waals surface area contributed by atoms with Crippen LogP contribution in [0.3, 0.4) is 0 Å². The fourth-order valence-electron chi connectivity index (χ4n) is 3.16. The molecule has 2 aromatic carbocycles. The van der Waals surface area contributed by atoms with Crippen molar-refractivity contribution in [3.05, 3.63) is 57.1 Å². The van der Waals surface area contributed by atoms with Crippen molar-refractivity contribution in [3.63, 3.8) is 0 Å². The summed E-state index contributed by atoms with van der Waals surface area (Å²) in [5.41, 5.74) is 9.68. The van der Waals surface area contributed by atoms with E-state index in [1.54, 1.807) is 0 Å². The highest BCUT2D eigenvalue weighted by atomic mass is 35.5. The summed E-state index contributed by atoms with van der Waals surface area (Å²) in [5, 5.41) is 3.24. The molecular weight excluding hydrogens is 371 g/mol. The molecule has 3 rings (SSSR count). The minimum absolute atomic E-state index is 0.0260. The zero-order valence-corrected chi connectivity index (χ0v) is 15.8. The van der Waals surface area contributed by atoms with Gasteiger partial charge in [-0.3, -0.25) is 9.59 Å². The van der Waals surface area contributed by atoms with Crippen LogP contribution in [0.1, 0.15) is 47.2 Å². The van der Waals surface area contributed by atoms with Crippen LogP contribution in [0.15, 0.2) is 30.3 Å². The number of fused-ring (bicyclic) bond motifs is 1. The first-order valence-electron chi connectivity index (χ1n) is 8.63. The third kappa shape index (κ3) is 4.37. The van der Waals surface area contributed by atoms with E-state index in [4.69, 9.17) is 28.9 Å². The Labute approximate surface area is 162 Å². The maximum atomic E-state index is 12.4. The molecule has 1 amide bonds. The molecule has 26 heavy (non-hydrogen) atoms. The van der Waals surface area contributed by atoms with Gasteiger partial charge in [-0.05, 0) is 55.0 Å². The second kappa shape index (κ2) is 8.11. The number of hydrogen-bond acceptors (Lipinski definition) is 3. The van der Waals surface area contributed by atoms with E-state index < -0.39 is 0 Å². The van der Waals surface area contributed by atoms with Gasteiger partial charge in [0.05, 0.1) is 15.7 Å². The Morgan fingerprint density at radius 3 is 2.31 bits per heavy atom. The third-order valence-electron chi connectivity index (χ3n) is 4.61. The maximum Gasteiger partial charge on any atom is 0.224 e.